The average molecular weight is 222 g/mol. The Kier molecular flexibility index (Phi) is 2.74. The minimum absolute atomic E-state index is 0.633. The van der Waals surface area contributed by atoms with E-state index < -0.39 is 0 Å². The topological polar surface area (TPSA) is 38.9 Å². The van der Waals surface area contributed by atoms with Gasteiger partial charge in [0.05, 0.1) is 9.90 Å². The van der Waals surface area contributed by atoms with Gasteiger partial charge in [0, 0.05) is 5.56 Å². The molecular formula is C10H10N2S2. The molecule has 2 aromatic rings. The smallest absolute Gasteiger partial charge is 0.181 e. The van der Waals surface area contributed by atoms with Gasteiger partial charge in [0.1, 0.15) is 0 Å². The molecular weight excluding hydrogens is 212 g/mol. The van der Waals surface area contributed by atoms with E-state index in [2.05, 4.69) is 4.98 Å². The van der Waals surface area contributed by atoms with Gasteiger partial charge in [0.15, 0.2) is 5.13 Å². The van der Waals surface area contributed by atoms with Crippen LogP contribution < -0.4 is 5.73 Å². The summed E-state index contributed by atoms with van der Waals surface area (Å²) in [7, 11) is 0. The van der Waals surface area contributed by atoms with Gasteiger partial charge in [0.2, 0.25) is 0 Å². The number of thioether (sulfide) groups is 1. The number of hydrogen-bond acceptors (Lipinski definition) is 4. The first-order valence-electron chi connectivity index (χ1n) is 4.17. The highest BCUT2D eigenvalue weighted by atomic mass is 32.2. The molecule has 1 aromatic heterocycles. The van der Waals surface area contributed by atoms with Gasteiger partial charge in [-0.05, 0) is 6.26 Å². The third-order valence-electron chi connectivity index (χ3n) is 1.85. The van der Waals surface area contributed by atoms with Crippen molar-refractivity contribution >= 4 is 28.2 Å². The molecule has 72 valence electrons. The molecule has 0 spiro atoms. The second-order valence-corrected chi connectivity index (χ2v) is 4.86. The van der Waals surface area contributed by atoms with Crippen LogP contribution >= 0.6 is 23.1 Å². The summed E-state index contributed by atoms with van der Waals surface area (Å²) in [6, 6.07) is 10.1. The molecule has 0 saturated heterocycles. The fourth-order valence-corrected chi connectivity index (χ4v) is 2.77. The SMILES string of the molecule is CSc1sc(N)nc1-c1ccccc1. The summed E-state index contributed by atoms with van der Waals surface area (Å²) >= 11 is 3.23. The lowest BCUT2D eigenvalue weighted by Gasteiger charge is -1.97. The highest BCUT2D eigenvalue weighted by Crippen LogP contribution is 2.35. The molecule has 14 heavy (non-hydrogen) atoms. The molecule has 0 aliphatic heterocycles. The van der Waals surface area contributed by atoms with Crippen LogP contribution in [0.15, 0.2) is 34.5 Å². The van der Waals surface area contributed by atoms with Crippen molar-refractivity contribution in [1.82, 2.24) is 4.98 Å². The predicted octanol–water partition coefficient (Wildman–Crippen LogP) is 3.11. The normalized spacial score (nSPS) is 10.4. The lowest BCUT2D eigenvalue weighted by molar-refractivity contribution is 1.37. The standard InChI is InChI=1S/C10H10N2S2/c1-13-9-8(12-10(11)14-9)7-5-3-2-4-6-7/h2-6H,1H3,(H2,11,12). The lowest BCUT2D eigenvalue weighted by atomic mass is 10.2. The largest absolute Gasteiger partial charge is 0.375 e. The number of benzene rings is 1. The Morgan fingerprint density at radius 2 is 2.00 bits per heavy atom. The van der Waals surface area contributed by atoms with Crippen molar-refractivity contribution in [3.05, 3.63) is 30.3 Å². The van der Waals surface area contributed by atoms with Gasteiger partial charge in [-0.15, -0.1) is 11.8 Å². The van der Waals surface area contributed by atoms with Crippen LogP contribution in [-0.2, 0) is 0 Å². The van der Waals surface area contributed by atoms with Gasteiger partial charge in [-0.1, -0.05) is 41.7 Å². The van der Waals surface area contributed by atoms with E-state index in [9.17, 15) is 0 Å². The van der Waals surface area contributed by atoms with Crippen LogP contribution in [0.25, 0.3) is 11.3 Å². The molecule has 2 N–H and O–H groups in total. The molecule has 0 radical (unpaired) electrons. The summed E-state index contributed by atoms with van der Waals surface area (Å²) in [5.41, 5.74) is 7.82. The number of nitrogens with two attached hydrogens (primary N) is 1. The van der Waals surface area contributed by atoms with Gasteiger partial charge in [-0.25, -0.2) is 4.98 Å². The molecule has 2 rings (SSSR count). The van der Waals surface area contributed by atoms with Crippen molar-refractivity contribution in [3.8, 4) is 11.3 Å². The third-order valence-corrected chi connectivity index (χ3v) is 3.84. The number of rotatable bonds is 2. The van der Waals surface area contributed by atoms with Crippen LogP contribution in [0, 0.1) is 0 Å². The Labute approximate surface area is 91.2 Å². The summed E-state index contributed by atoms with van der Waals surface area (Å²) in [6.45, 7) is 0. The Morgan fingerprint density at radius 1 is 1.29 bits per heavy atom. The second kappa shape index (κ2) is 4.02. The highest BCUT2D eigenvalue weighted by molar-refractivity contribution is 8.00. The second-order valence-electron chi connectivity index (χ2n) is 2.76. The van der Waals surface area contributed by atoms with E-state index >= 15 is 0 Å². The molecule has 2 nitrogen and oxygen atoms in total. The zero-order valence-electron chi connectivity index (χ0n) is 7.73. The first-order chi connectivity index (χ1) is 6.81. The number of nitrogens with zero attached hydrogens (tertiary/aromatic N) is 1. The Balaban J connectivity index is 2.51. The minimum Gasteiger partial charge on any atom is -0.375 e. The number of hydrogen-bond donors (Lipinski definition) is 1. The van der Waals surface area contributed by atoms with Crippen LogP contribution in [0.1, 0.15) is 0 Å². The molecule has 0 aliphatic rings. The molecule has 0 atom stereocenters. The van der Waals surface area contributed by atoms with E-state index in [0.717, 1.165) is 11.3 Å². The van der Waals surface area contributed by atoms with Crippen molar-refractivity contribution < 1.29 is 0 Å². The molecule has 1 aromatic carbocycles. The number of aromatic nitrogens is 1. The number of anilines is 1. The zero-order chi connectivity index (χ0) is 9.97. The lowest BCUT2D eigenvalue weighted by Crippen LogP contribution is -1.82. The molecule has 0 aliphatic carbocycles. The summed E-state index contributed by atoms with van der Waals surface area (Å²) in [4.78, 5) is 4.33. The minimum atomic E-state index is 0.633. The molecule has 4 heteroatoms. The fourth-order valence-electron chi connectivity index (χ4n) is 1.24. The quantitative estimate of drug-likeness (QED) is 0.793. The Bertz CT molecular complexity index is 423. The Hall–Kier alpha value is -1.00. The van der Waals surface area contributed by atoms with E-state index in [-0.39, 0.29) is 0 Å². The van der Waals surface area contributed by atoms with Gasteiger partial charge >= 0.3 is 0 Å². The fraction of sp³-hybridized carbons (Fsp3) is 0.100. The van der Waals surface area contributed by atoms with E-state index in [4.69, 9.17) is 5.73 Å². The van der Waals surface area contributed by atoms with Crippen LogP contribution in [-0.4, -0.2) is 11.2 Å². The van der Waals surface area contributed by atoms with Gasteiger partial charge in [-0.2, -0.15) is 0 Å². The van der Waals surface area contributed by atoms with E-state index in [1.807, 2.05) is 36.6 Å². The first kappa shape index (κ1) is 9.55. The number of thiazole rings is 1. The molecule has 0 fully saturated rings. The van der Waals surface area contributed by atoms with Crippen LogP contribution in [0.2, 0.25) is 0 Å². The van der Waals surface area contributed by atoms with Crippen molar-refractivity contribution in [2.45, 2.75) is 4.21 Å². The summed E-state index contributed by atoms with van der Waals surface area (Å²) in [5.74, 6) is 0. The Morgan fingerprint density at radius 3 is 2.64 bits per heavy atom. The van der Waals surface area contributed by atoms with E-state index in [1.165, 1.54) is 15.5 Å². The van der Waals surface area contributed by atoms with Crippen LogP contribution in [0.5, 0.6) is 0 Å². The maximum atomic E-state index is 5.69. The van der Waals surface area contributed by atoms with Crippen LogP contribution in [0.3, 0.4) is 0 Å². The van der Waals surface area contributed by atoms with Crippen LogP contribution in [0.4, 0.5) is 5.13 Å². The maximum Gasteiger partial charge on any atom is 0.181 e. The monoisotopic (exact) mass is 222 g/mol. The van der Waals surface area contributed by atoms with Gasteiger partial charge in [-0.3, -0.25) is 0 Å². The van der Waals surface area contributed by atoms with Crippen molar-refractivity contribution in [3.63, 3.8) is 0 Å². The molecule has 0 amide bonds. The molecule has 0 unspecified atom stereocenters. The van der Waals surface area contributed by atoms with E-state index in [0.29, 0.717) is 5.13 Å². The third kappa shape index (κ3) is 1.76. The maximum absolute atomic E-state index is 5.69. The highest BCUT2D eigenvalue weighted by Gasteiger charge is 2.09. The summed E-state index contributed by atoms with van der Waals surface area (Å²) < 4.78 is 1.17. The van der Waals surface area contributed by atoms with Crippen molar-refractivity contribution in [2.24, 2.45) is 0 Å². The predicted molar refractivity (Wildman–Crippen MR) is 63.7 cm³/mol. The summed E-state index contributed by atoms with van der Waals surface area (Å²) in [6.07, 6.45) is 2.04. The van der Waals surface area contributed by atoms with E-state index in [1.54, 1.807) is 11.8 Å². The van der Waals surface area contributed by atoms with Gasteiger partial charge in [0.25, 0.3) is 0 Å². The molecule has 1 heterocycles. The van der Waals surface area contributed by atoms with Crippen molar-refractivity contribution in [2.75, 3.05) is 12.0 Å². The average Bonchev–Trinajstić information content (AvgIpc) is 2.61. The summed E-state index contributed by atoms with van der Waals surface area (Å²) in [5, 5.41) is 0.633. The van der Waals surface area contributed by atoms with Crippen molar-refractivity contribution in [1.29, 1.82) is 0 Å². The zero-order valence-corrected chi connectivity index (χ0v) is 9.36. The van der Waals surface area contributed by atoms with Gasteiger partial charge < -0.3 is 5.73 Å². The molecule has 0 bridgehead atoms. The first-order valence-corrected chi connectivity index (χ1v) is 6.21. The molecule has 0 saturated carbocycles. The number of nitrogen functional groups attached to an aromatic ring is 1.